The smallest absolute Gasteiger partial charge is 0.247 e. The standard InChI is InChI=1S/C22H16BrClFN3O/c1-13-11-18(9-10-19(13)23)26-20(14-5-7-16(24)8-6-14)22-28-27-21(29-22)15-3-2-4-17(25)12-15/h2-12,20,26H,1H3. The summed E-state index contributed by atoms with van der Waals surface area (Å²) in [6.45, 7) is 2.02. The largest absolute Gasteiger partial charge is 0.418 e. The molecule has 0 radical (unpaired) electrons. The monoisotopic (exact) mass is 471 g/mol. The quantitative estimate of drug-likeness (QED) is 0.347. The summed E-state index contributed by atoms with van der Waals surface area (Å²) in [6.07, 6.45) is 0. The van der Waals surface area contributed by atoms with Crippen molar-refractivity contribution in [2.24, 2.45) is 0 Å². The summed E-state index contributed by atoms with van der Waals surface area (Å²) in [6, 6.07) is 19.0. The number of nitrogens with zero attached hydrogens (tertiary/aromatic N) is 2. The van der Waals surface area contributed by atoms with Crippen molar-refractivity contribution in [2.75, 3.05) is 5.32 Å². The molecule has 3 aromatic carbocycles. The Bertz CT molecular complexity index is 1150. The second kappa shape index (κ2) is 8.35. The molecule has 0 spiro atoms. The molecule has 0 bridgehead atoms. The van der Waals surface area contributed by atoms with Crippen molar-refractivity contribution in [1.82, 2.24) is 10.2 Å². The van der Waals surface area contributed by atoms with Crippen molar-refractivity contribution in [3.63, 3.8) is 0 Å². The van der Waals surface area contributed by atoms with Gasteiger partial charge in [0.25, 0.3) is 0 Å². The second-order valence-electron chi connectivity index (χ2n) is 6.55. The molecule has 0 aliphatic heterocycles. The molecule has 0 aliphatic rings. The van der Waals surface area contributed by atoms with E-state index in [1.165, 1.54) is 12.1 Å². The highest BCUT2D eigenvalue weighted by atomic mass is 79.9. The van der Waals surface area contributed by atoms with Crippen LogP contribution in [0, 0.1) is 12.7 Å². The van der Waals surface area contributed by atoms with Crippen molar-refractivity contribution in [2.45, 2.75) is 13.0 Å². The lowest BCUT2D eigenvalue weighted by Crippen LogP contribution is -2.13. The molecule has 0 fully saturated rings. The fourth-order valence-corrected chi connectivity index (χ4v) is 3.31. The number of halogens is 3. The molecule has 4 rings (SSSR count). The Hall–Kier alpha value is -2.70. The molecule has 1 aromatic heterocycles. The fraction of sp³-hybridized carbons (Fsp3) is 0.0909. The molecule has 7 heteroatoms. The molecule has 1 heterocycles. The van der Waals surface area contributed by atoms with E-state index >= 15 is 0 Å². The Morgan fingerprint density at radius 1 is 1.03 bits per heavy atom. The van der Waals surface area contributed by atoms with Gasteiger partial charge in [-0.2, -0.15) is 0 Å². The van der Waals surface area contributed by atoms with Crippen LogP contribution in [0.3, 0.4) is 0 Å². The minimum absolute atomic E-state index is 0.257. The number of anilines is 1. The highest BCUT2D eigenvalue weighted by Gasteiger charge is 2.22. The van der Waals surface area contributed by atoms with Gasteiger partial charge < -0.3 is 9.73 Å². The van der Waals surface area contributed by atoms with Crippen molar-refractivity contribution in [3.8, 4) is 11.5 Å². The van der Waals surface area contributed by atoms with Gasteiger partial charge in [0.05, 0.1) is 0 Å². The minimum atomic E-state index is -0.400. The fourth-order valence-electron chi connectivity index (χ4n) is 2.93. The average molecular weight is 473 g/mol. The van der Waals surface area contributed by atoms with Crippen LogP contribution in [0.15, 0.2) is 75.6 Å². The number of benzene rings is 3. The van der Waals surface area contributed by atoms with Gasteiger partial charge in [-0.05, 0) is 66.6 Å². The van der Waals surface area contributed by atoms with Gasteiger partial charge in [0, 0.05) is 20.7 Å². The van der Waals surface area contributed by atoms with E-state index in [1.54, 1.807) is 12.1 Å². The van der Waals surface area contributed by atoms with Crippen LogP contribution in [-0.4, -0.2) is 10.2 Å². The summed E-state index contributed by atoms with van der Waals surface area (Å²) in [5, 5.41) is 12.4. The summed E-state index contributed by atoms with van der Waals surface area (Å²) in [5.41, 5.74) is 3.43. The molecular weight excluding hydrogens is 457 g/mol. The van der Waals surface area contributed by atoms with E-state index in [2.05, 4.69) is 31.4 Å². The zero-order valence-corrected chi connectivity index (χ0v) is 17.7. The molecule has 4 aromatic rings. The van der Waals surface area contributed by atoms with Crippen LogP contribution in [0.1, 0.15) is 23.1 Å². The van der Waals surface area contributed by atoms with Gasteiger partial charge in [-0.15, -0.1) is 10.2 Å². The summed E-state index contributed by atoms with van der Waals surface area (Å²) in [5.74, 6) is 0.263. The molecule has 1 unspecified atom stereocenters. The van der Waals surface area contributed by atoms with E-state index < -0.39 is 6.04 Å². The maximum atomic E-state index is 13.6. The SMILES string of the molecule is Cc1cc(NC(c2ccc(Cl)cc2)c2nnc(-c3cccc(F)c3)o2)ccc1Br. The van der Waals surface area contributed by atoms with E-state index in [0.29, 0.717) is 16.5 Å². The first-order valence-electron chi connectivity index (χ1n) is 8.87. The highest BCUT2D eigenvalue weighted by molar-refractivity contribution is 9.10. The van der Waals surface area contributed by atoms with E-state index in [4.69, 9.17) is 16.0 Å². The normalized spacial score (nSPS) is 12.0. The van der Waals surface area contributed by atoms with Crippen molar-refractivity contribution in [3.05, 3.63) is 99.1 Å². The lowest BCUT2D eigenvalue weighted by atomic mass is 10.1. The summed E-state index contributed by atoms with van der Waals surface area (Å²) in [4.78, 5) is 0. The maximum absolute atomic E-state index is 13.6. The number of nitrogens with one attached hydrogen (secondary N) is 1. The molecular formula is C22H16BrClFN3O. The first-order valence-corrected chi connectivity index (χ1v) is 10.0. The first-order chi connectivity index (χ1) is 14.0. The molecule has 29 heavy (non-hydrogen) atoms. The number of rotatable bonds is 5. The predicted molar refractivity (Wildman–Crippen MR) is 115 cm³/mol. The van der Waals surface area contributed by atoms with Gasteiger partial charge in [0.15, 0.2) is 0 Å². The molecule has 0 saturated heterocycles. The van der Waals surface area contributed by atoms with Crippen molar-refractivity contribution >= 4 is 33.2 Å². The van der Waals surface area contributed by atoms with Crippen LogP contribution in [-0.2, 0) is 0 Å². The third-order valence-corrected chi connectivity index (χ3v) is 5.57. The van der Waals surface area contributed by atoms with Crippen molar-refractivity contribution in [1.29, 1.82) is 0 Å². The third-order valence-electron chi connectivity index (χ3n) is 4.43. The van der Waals surface area contributed by atoms with Crippen LogP contribution < -0.4 is 5.32 Å². The second-order valence-corrected chi connectivity index (χ2v) is 7.84. The van der Waals surface area contributed by atoms with E-state index in [9.17, 15) is 4.39 Å². The van der Waals surface area contributed by atoms with Gasteiger partial charge in [0.2, 0.25) is 11.8 Å². The van der Waals surface area contributed by atoms with E-state index in [0.717, 1.165) is 21.3 Å². The molecule has 0 amide bonds. The van der Waals surface area contributed by atoms with Gasteiger partial charge in [0.1, 0.15) is 11.9 Å². The minimum Gasteiger partial charge on any atom is -0.418 e. The number of aryl methyl sites for hydroxylation is 1. The Morgan fingerprint density at radius 3 is 2.55 bits per heavy atom. The van der Waals surface area contributed by atoms with Crippen LogP contribution in [0.4, 0.5) is 10.1 Å². The van der Waals surface area contributed by atoms with Crippen LogP contribution >= 0.6 is 27.5 Å². The van der Waals surface area contributed by atoms with Crippen LogP contribution in [0.5, 0.6) is 0 Å². The third kappa shape index (κ3) is 4.49. The summed E-state index contributed by atoms with van der Waals surface area (Å²) >= 11 is 9.56. The molecule has 0 saturated carbocycles. The first kappa shape index (κ1) is 19.6. The van der Waals surface area contributed by atoms with E-state index in [-0.39, 0.29) is 11.7 Å². The zero-order valence-electron chi connectivity index (χ0n) is 15.4. The van der Waals surface area contributed by atoms with Gasteiger partial charge in [-0.1, -0.05) is 45.7 Å². The maximum Gasteiger partial charge on any atom is 0.247 e. The van der Waals surface area contributed by atoms with Gasteiger partial charge in [-0.25, -0.2) is 4.39 Å². The summed E-state index contributed by atoms with van der Waals surface area (Å²) in [7, 11) is 0. The van der Waals surface area contributed by atoms with Gasteiger partial charge in [-0.3, -0.25) is 0 Å². The van der Waals surface area contributed by atoms with Crippen LogP contribution in [0.2, 0.25) is 5.02 Å². The molecule has 4 nitrogen and oxygen atoms in total. The Morgan fingerprint density at radius 2 is 1.83 bits per heavy atom. The molecule has 1 N–H and O–H groups in total. The number of hydrogen-bond donors (Lipinski definition) is 1. The average Bonchev–Trinajstić information content (AvgIpc) is 3.20. The molecule has 1 atom stereocenters. The topological polar surface area (TPSA) is 51.0 Å². The zero-order chi connectivity index (χ0) is 20.4. The lowest BCUT2D eigenvalue weighted by molar-refractivity contribution is 0.493. The van der Waals surface area contributed by atoms with Crippen LogP contribution in [0.25, 0.3) is 11.5 Å². The van der Waals surface area contributed by atoms with Gasteiger partial charge >= 0.3 is 0 Å². The number of hydrogen-bond acceptors (Lipinski definition) is 4. The Labute approximate surface area is 180 Å². The number of aromatic nitrogens is 2. The highest BCUT2D eigenvalue weighted by Crippen LogP contribution is 2.30. The summed E-state index contributed by atoms with van der Waals surface area (Å²) < 4.78 is 20.5. The lowest BCUT2D eigenvalue weighted by Gasteiger charge is -2.18. The Balaban J connectivity index is 1.72. The molecule has 146 valence electrons. The molecule has 0 aliphatic carbocycles. The predicted octanol–water partition coefficient (Wildman–Crippen LogP) is 6.80. The Kier molecular flexibility index (Phi) is 5.65. The van der Waals surface area contributed by atoms with Crippen molar-refractivity contribution < 1.29 is 8.81 Å². The van der Waals surface area contributed by atoms with E-state index in [1.807, 2.05) is 49.4 Å².